The van der Waals surface area contributed by atoms with Crippen molar-refractivity contribution in [3.63, 3.8) is 0 Å². The fourth-order valence-electron chi connectivity index (χ4n) is 3.26. The van der Waals surface area contributed by atoms with Crippen LogP contribution in [0.2, 0.25) is 0 Å². The fourth-order valence-corrected chi connectivity index (χ4v) is 5.40. The van der Waals surface area contributed by atoms with Crippen molar-refractivity contribution >= 4 is 30.9 Å². The Balaban J connectivity index is 1.92. The zero-order chi connectivity index (χ0) is 22.5. The topological polar surface area (TPSA) is 90.0 Å². The highest BCUT2D eigenvalue weighted by Crippen LogP contribution is 2.27. The minimum atomic E-state index is -3.79. The molecule has 0 heterocycles. The third kappa shape index (κ3) is 6.04. The molecule has 3 rings (SSSR count). The standard InChI is InChI=1S/C22H25NO6S2/c1-28-16-6-15-23(17-18-11-13-20(14-12-18)29-30(2,24)25)31(26,27)22-10-5-8-19-7-3-4-9-21(19)22/h3-5,7-14H,6,15-17H2,1-2H3. The molecule has 0 unspecified atom stereocenters. The minimum Gasteiger partial charge on any atom is -0.385 e. The lowest BCUT2D eigenvalue weighted by Crippen LogP contribution is -2.32. The highest BCUT2D eigenvalue weighted by molar-refractivity contribution is 7.89. The van der Waals surface area contributed by atoms with Crippen LogP contribution in [0.4, 0.5) is 0 Å². The second-order valence-corrected chi connectivity index (χ2v) is 10.6. The van der Waals surface area contributed by atoms with Crippen molar-refractivity contribution in [2.24, 2.45) is 0 Å². The quantitative estimate of drug-likeness (QED) is 0.338. The second-order valence-electron chi connectivity index (χ2n) is 7.09. The van der Waals surface area contributed by atoms with Crippen LogP contribution in [0, 0.1) is 0 Å². The van der Waals surface area contributed by atoms with Crippen molar-refractivity contribution in [3.05, 3.63) is 72.3 Å². The molecule has 9 heteroatoms. The predicted octanol–water partition coefficient (Wildman–Crippen LogP) is 3.41. The molecule has 0 aromatic heterocycles. The molecule has 3 aromatic carbocycles. The molecule has 0 aliphatic heterocycles. The molecule has 0 aliphatic carbocycles. The lowest BCUT2D eigenvalue weighted by atomic mass is 10.1. The van der Waals surface area contributed by atoms with E-state index in [0.29, 0.717) is 24.0 Å². The van der Waals surface area contributed by atoms with Gasteiger partial charge in [0.25, 0.3) is 0 Å². The zero-order valence-electron chi connectivity index (χ0n) is 17.4. The van der Waals surface area contributed by atoms with Gasteiger partial charge in [0.15, 0.2) is 0 Å². The Hall–Kier alpha value is -2.46. The number of hydrogen-bond acceptors (Lipinski definition) is 6. The van der Waals surface area contributed by atoms with E-state index in [9.17, 15) is 16.8 Å². The van der Waals surface area contributed by atoms with Crippen LogP contribution in [0.5, 0.6) is 5.75 Å². The summed E-state index contributed by atoms with van der Waals surface area (Å²) in [5.74, 6) is 0.175. The summed E-state index contributed by atoms with van der Waals surface area (Å²) in [5, 5.41) is 1.52. The molecule has 0 atom stereocenters. The summed E-state index contributed by atoms with van der Waals surface area (Å²) in [6.07, 6.45) is 1.50. The van der Waals surface area contributed by atoms with Gasteiger partial charge < -0.3 is 8.92 Å². The third-order valence-corrected chi connectivity index (χ3v) is 7.05. The van der Waals surface area contributed by atoms with Crippen molar-refractivity contribution < 1.29 is 25.8 Å². The molecule has 0 bridgehead atoms. The van der Waals surface area contributed by atoms with E-state index in [4.69, 9.17) is 8.92 Å². The van der Waals surface area contributed by atoms with Crippen LogP contribution >= 0.6 is 0 Å². The van der Waals surface area contributed by atoms with Gasteiger partial charge in [-0.3, -0.25) is 0 Å². The first-order valence-electron chi connectivity index (χ1n) is 9.66. The van der Waals surface area contributed by atoms with Crippen molar-refractivity contribution in [2.75, 3.05) is 26.5 Å². The number of nitrogens with zero attached hydrogens (tertiary/aromatic N) is 1. The van der Waals surface area contributed by atoms with Crippen LogP contribution in [0.3, 0.4) is 0 Å². The predicted molar refractivity (Wildman–Crippen MR) is 120 cm³/mol. The smallest absolute Gasteiger partial charge is 0.306 e. The summed E-state index contributed by atoms with van der Waals surface area (Å²) in [6, 6.07) is 18.9. The Morgan fingerprint density at radius 1 is 0.871 bits per heavy atom. The third-order valence-electron chi connectivity index (χ3n) is 4.65. The molecule has 166 valence electrons. The van der Waals surface area contributed by atoms with E-state index in [2.05, 4.69) is 0 Å². The van der Waals surface area contributed by atoms with Crippen LogP contribution in [0.1, 0.15) is 12.0 Å². The molecule has 0 amide bonds. The molecule has 0 saturated heterocycles. The lowest BCUT2D eigenvalue weighted by Gasteiger charge is -2.23. The fraction of sp³-hybridized carbons (Fsp3) is 0.273. The summed E-state index contributed by atoms with van der Waals surface area (Å²) in [6.45, 7) is 0.845. The lowest BCUT2D eigenvalue weighted by molar-refractivity contribution is 0.186. The van der Waals surface area contributed by atoms with Crippen LogP contribution < -0.4 is 4.18 Å². The summed E-state index contributed by atoms with van der Waals surface area (Å²) < 4.78 is 61.1. The van der Waals surface area contributed by atoms with Crippen molar-refractivity contribution in [1.29, 1.82) is 0 Å². The normalized spacial score (nSPS) is 12.4. The Morgan fingerprint density at radius 3 is 2.23 bits per heavy atom. The summed E-state index contributed by atoms with van der Waals surface area (Å²) >= 11 is 0. The molecule has 0 aliphatic rings. The van der Waals surface area contributed by atoms with Crippen molar-refractivity contribution in [2.45, 2.75) is 17.9 Å². The number of rotatable bonds is 10. The minimum absolute atomic E-state index is 0.133. The molecule has 0 N–H and O–H groups in total. The van der Waals surface area contributed by atoms with Crippen LogP contribution in [0.25, 0.3) is 10.8 Å². The molecule has 31 heavy (non-hydrogen) atoms. The molecule has 0 fully saturated rings. The van der Waals surface area contributed by atoms with E-state index in [1.54, 1.807) is 37.4 Å². The molecule has 3 aromatic rings. The molecular weight excluding hydrogens is 438 g/mol. The SMILES string of the molecule is COCCCN(Cc1ccc(OS(C)(=O)=O)cc1)S(=O)(=O)c1cccc2ccccc12. The number of hydrogen-bond donors (Lipinski definition) is 0. The van der Waals surface area contributed by atoms with Gasteiger partial charge in [-0.05, 0) is 35.6 Å². The second kappa shape index (κ2) is 9.78. The van der Waals surface area contributed by atoms with Gasteiger partial charge in [0.05, 0.1) is 11.2 Å². The number of benzene rings is 3. The Bertz CT molecular complexity index is 1230. The van der Waals surface area contributed by atoms with Gasteiger partial charge in [0.2, 0.25) is 10.0 Å². The van der Waals surface area contributed by atoms with Gasteiger partial charge in [0, 0.05) is 32.2 Å². The van der Waals surface area contributed by atoms with E-state index in [0.717, 1.165) is 11.6 Å². The van der Waals surface area contributed by atoms with Gasteiger partial charge in [-0.15, -0.1) is 0 Å². The zero-order valence-corrected chi connectivity index (χ0v) is 19.0. The monoisotopic (exact) mass is 463 g/mol. The van der Waals surface area contributed by atoms with Gasteiger partial charge >= 0.3 is 10.1 Å². The van der Waals surface area contributed by atoms with Gasteiger partial charge in [-0.1, -0.05) is 48.5 Å². The first kappa shape index (κ1) is 23.2. The molecule has 0 saturated carbocycles. The van der Waals surface area contributed by atoms with Gasteiger partial charge in [0.1, 0.15) is 5.75 Å². The van der Waals surface area contributed by atoms with Crippen molar-refractivity contribution in [3.8, 4) is 5.75 Å². The van der Waals surface area contributed by atoms with Crippen LogP contribution in [-0.4, -0.2) is 47.7 Å². The largest absolute Gasteiger partial charge is 0.385 e. The Kier molecular flexibility index (Phi) is 7.32. The number of fused-ring (bicyclic) bond motifs is 1. The Labute approximate surface area is 183 Å². The molecule has 0 spiro atoms. The van der Waals surface area contributed by atoms with Crippen molar-refractivity contribution in [1.82, 2.24) is 4.31 Å². The van der Waals surface area contributed by atoms with E-state index in [-0.39, 0.29) is 23.7 Å². The first-order valence-corrected chi connectivity index (χ1v) is 12.9. The Morgan fingerprint density at radius 2 is 1.55 bits per heavy atom. The molecule has 0 radical (unpaired) electrons. The van der Waals surface area contributed by atoms with E-state index in [1.165, 1.54) is 16.4 Å². The van der Waals surface area contributed by atoms with Crippen LogP contribution in [0.15, 0.2) is 71.6 Å². The maximum atomic E-state index is 13.6. The van der Waals surface area contributed by atoms with Gasteiger partial charge in [-0.2, -0.15) is 12.7 Å². The summed E-state index contributed by atoms with van der Waals surface area (Å²) in [5.41, 5.74) is 0.710. The van der Waals surface area contributed by atoms with E-state index in [1.807, 2.05) is 24.3 Å². The average molecular weight is 464 g/mol. The summed E-state index contributed by atoms with van der Waals surface area (Å²) in [7, 11) is -5.85. The van der Waals surface area contributed by atoms with Crippen LogP contribution in [-0.2, 0) is 31.4 Å². The van der Waals surface area contributed by atoms with Gasteiger partial charge in [-0.25, -0.2) is 8.42 Å². The molecule has 7 nitrogen and oxygen atoms in total. The highest BCUT2D eigenvalue weighted by Gasteiger charge is 2.26. The molecular formula is C22H25NO6S2. The maximum Gasteiger partial charge on any atom is 0.306 e. The maximum absolute atomic E-state index is 13.6. The average Bonchev–Trinajstić information content (AvgIpc) is 2.73. The first-order chi connectivity index (χ1) is 14.7. The number of sulfonamides is 1. The summed E-state index contributed by atoms with van der Waals surface area (Å²) in [4.78, 5) is 0.250. The number of methoxy groups -OCH3 is 1. The van der Waals surface area contributed by atoms with E-state index >= 15 is 0 Å². The highest BCUT2D eigenvalue weighted by atomic mass is 32.2. The van der Waals surface area contributed by atoms with E-state index < -0.39 is 20.1 Å². The number of ether oxygens (including phenoxy) is 1.